The molecule has 0 unspecified atom stereocenters. The SMILES string of the molecule is COC(=O)C1=Cc2ccccc2-c2c(-c3ccccc3)nnn2C1. The molecular weight excluding hydrogens is 302 g/mol. The van der Waals surface area contributed by atoms with Gasteiger partial charge >= 0.3 is 5.97 Å². The molecule has 0 bridgehead atoms. The Balaban J connectivity index is 1.95. The largest absolute Gasteiger partial charge is 0.466 e. The summed E-state index contributed by atoms with van der Waals surface area (Å²) in [4.78, 5) is 12.1. The summed E-state index contributed by atoms with van der Waals surface area (Å²) in [6, 6.07) is 17.9. The van der Waals surface area contributed by atoms with Gasteiger partial charge in [0.15, 0.2) is 0 Å². The maximum Gasteiger partial charge on any atom is 0.335 e. The standard InChI is InChI=1S/C19H15N3O2/c1-24-19(23)15-11-14-9-5-6-10-16(14)18-17(20-21-22(18)12-15)13-7-3-2-4-8-13/h2-11H,12H2,1H3. The third-order valence-corrected chi connectivity index (χ3v) is 4.10. The van der Waals surface area contributed by atoms with Crippen molar-refractivity contribution in [3.05, 3.63) is 65.7 Å². The number of esters is 1. The molecule has 0 spiro atoms. The van der Waals surface area contributed by atoms with E-state index in [4.69, 9.17) is 4.74 Å². The van der Waals surface area contributed by atoms with Gasteiger partial charge in [-0.15, -0.1) is 5.10 Å². The van der Waals surface area contributed by atoms with Gasteiger partial charge in [-0.05, 0) is 11.6 Å². The van der Waals surface area contributed by atoms with Gasteiger partial charge in [0.1, 0.15) is 5.69 Å². The lowest BCUT2D eigenvalue weighted by atomic mass is 10.00. The van der Waals surface area contributed by atoms with Gasteiger partial charge in [-0.1, -0.05) is 59.8 Å². The second-order valence-electron chi connectivity index (χ2n) is 5.56. The number of carbonyl (C=O) groups excluding carboxylic acids is 1. The number of nitrogens with zero attached hydrogens (tertiary/aromatic N) is 3. The van der Waals surface area contributed by atoms with Gasteiger partial charge in [-0.2, -0.15) is 0 Å². The fourth-order valence-corrected chi connectivity index (χ4v) is 2.97. The van der Waals surface area contributed by atoms with Gasteiger partial charge in [0.25, 0.3) is 0 Å². The van der Waals surface area contributed by atoms with Crippen molar-refractivity contribution >= 4 is 12.0 Å². The highest BCUT2D eigenvalue weighted by atomic mass is 16.5. The molecule has 24 heavy (non-hydrogen) atoms. The van der Waals surface area contributed by atoms with Crippen LogP contribution in [0.2, 0.25) is 0 Å². The van der Waals surface area contributed by atoms with E-state index in [0.29, 0.717) is 12.1 Å². The topological polar surface area (TPSA) is 57.0 Å². The molecule has 4 rings (SSSR count). The van der Waals surface area contributed by atoms with Crippen LogP contribution in [0.5, 0.6) is 0 Å². The van der Waals surface area contributed by atoms with Crippen LogP contribution in [0.15, 0.2) is 60.2 Å². The molecule has 2 heterocycles. The fourth-order valence-electron chi connectivity index (χ4n) is 2.97. The normalized spacial score (nSPS) is 12.6. The van der Waals surface area contributed by atoms with E-state index in [1.54, 1.807) is 4.68 Å². The van der Waals surface area contributed by atoms with Crippen LogP contribution in [-0.2, 0) is 16.1 Å². The molecule has 0 aliphatic carbocycles. The van der Waals surface area contributed by atoms with Crippen molar-refractivity contribution in [1.29, 1.82) is 0 Å². The van der Waals surface area contributed by atoms with Crippen LogP contribution in [0.3, 0.4) is 0 Å². The lowest BCUT2D eigenvalue weighted by Crippen LogP contribution is -2.12. The minimum absolute atomic E-state index is 0.330. The van der Waals surface area contributed by atoms with Crippen molar-refractivity contribution in [1.82, 2.24) is 15.0 Å². The Morgan fingerprint density at radius 2 is 1.83 bits per heavy atom. The lowest BCUT2D eigenvalue weighted by molar-refractivity contribution is -0.136. The molecular formula is C19H15N3O2. The average Bonchev–Trinajstić information content (AvgIpc) is 2.97. The molecule has 0 saturated carbocycles. The first-order chi connectivity index (χ1) is 11.8. The summed E-state index contributed by atoms with van der Waals surface area (Å²) in [5.41, 5.74) is 5.22. The average molecular weight is 317 g/mol. The van der Waals surface area contributed by atoms with Gasteiger partial charge in [-0.25, -0.2) is 9.48 Å². The van der Waals surface area contributed by atoms with E-state index in [1.165, 1.54) is 7.11 Å². The summed E-state index contributed by atoms with van der Waals surface area (Å²) < 4.78 is 6.66. The number of aromatic nitrogens is 3. The van der Waals surface area contributed by atoms with Crippen LogP contribution in [0.1, 0.15) is 5.56 Å². The minimum Gasteiger partial charge on any atom is -0.466 e. The Labute approximate surface area is 139 Å². The maximum atomic E-state index is 12.1. The van der Waals surface area contributed by atoms with Gasteiger partial charge in [0.05, 0.1) is 24.9 Å². The zero-order valence-corrected chi connectivity index (χ0v) is 13.1. The highest BCUT2D eigenvalue weighted by Gasteiger charge is 2.24. The van der Waals surface area contributed by atoms with E-state index in [-0.39, 0.29) is 5.97 Å². The summed E-state index contributed by atoms with van der Waals surface area (Å²) in [7, 11) is 1.39. The minimum atomic E-state index is -0.352. The van der Waals surface area contributed by atoms with Crippen molar-refractivity contribution in [3.63, 3.8) is 0 Å². The number of methoxy groups -OCH3 is 1. The van der Waals surface area contributed by atoms with E-state index in [9.17, 15) is 4.79 Å². The first-order valence-corrected chi connectivity index (χ1v) is 7.65. The van der Waals surface area contributed by atoms with Crippen LogP contribution in [0, 0.1) is 0 Å². The third kappa shape index (κ3) is 2.31. The van der Waals surface area contributed by atoms with Crippen molar-refractivity contribution in [2.24, 2.45) is 0 Å². The number of benzene rings is 2. The van der Waals surface area contributed by atoms with E-state index < -0.39 is 0 Å². The number of hydrogen-bond acceptors (Lipinski definition) is 4. The third-order valence-electron chi connectivity index (χ3n) is 4.10. The summed E-state index contributed by atoms with van der Waals surface area (Å²) in [6.07, 6.45) is 1.87. The zero-order valence-electron chi connectivity index (χ0n) is 13.1. The molecule has 3 aromatic rings. The number of ether oxygens (including phenoxy) is 1. The monoisotopic (exact) mass is 317 g/mol. The second kappa shape index (κ2) is 5.77. The van der Waals surface area contributed by atoms with E-state index in [1.807, 2.05) is 60.7 Å². The molecule has 0 amide bonds. The molecule has 0 atom stereocenters. The van der Waals surface area contributed by atoms with Crippen molar-refractivity contribution in [2.75, 3.05) is 7.11 Å². The molecule has 1 aromatic heterocycles. The van der Waals surface area contributed by atoms with E-state index in [0.717, 1.165) is 28.1 Å². The van der Waals surface area contributed by atoms with Crippen molar-refractivity contribution in [3.8, 4) is 22.5 Å². The maximum absolute atomic E-state index is 12.1. The first-order valence-electron chi connectivity index (χ1n) is 7.65. The second-order valence-corrected chi connectivity index (χ2v) is 5.56. The summed E-state index contributed by atoms with van der Waals surface area (Å²) >= 11 is 0. The van der Waals surface area contributed by atoms with Gasteiger partial charge in [-0.3, -0.25) is 0 Å². The Morgan fingerprint density at radius 3 is 2.62 bits per heavy atom. The van der Waals surface area contributed by atoms with Crippen LogP contribution < -0.4 is 0 Å². The van der Waals surface area contributed by atoms with Crippen molar-refractivity contribution < 1.29 is 9.53 Å². The molecule has 5 nitrogen and oxygen atoms in total. The van der Waals surface area contributed by atoms with Crippen LogP contribution in [0.4, 0.5) is 0 Å². The predicted octanol–water partition coefficient (Wildman–Crippen LogP) is 3.18. The molecule has 2 aromatic carbocycles. The highest BCUT2D eigenvalue weighted by molar-refractivity contribution is 5.96. The highest BCUT2D eigenvalue weighted by Crippen LogP contribution is 2.35. The fraction of sp³-hybridized carbons (Fsp3) is 0.105. The molecule has 118 valence electrons. The molecule has 1 aliphatic rings. The van der Waals surface area contributed by atoms with Crippen molar-refractivity contribution in [2.45, 2.75) is 6.54 Å². The zero-order chi connectivity index (χ0) is 16.5. The number of carbonyl (C=O) groups is 1. The van der Waals surface area contributed by atoms with Gasteiger partial charge < -0.3 is 4.74 Å². The van der Waals surface area contributed by atoms with Crippen LogP contribution in [-0.4, -0.2) is 28.1 Å². The van der Waals surface area contributed by atoms with Gasteiger partial charge in [0.2, 0.25) is 0 Å². The Morgan fingerprint density at radius 1 is 1.08 bits per heavy atom. The van der Waals surface area contributed by atoms with Crippen LogP contribution in [0.25, 0.3) is 28.6 Å². The van der Waals surface area contributed by atoms with Crippen LogP contribution >= 0.6 is 0 Å². The summed E-state index contributed by atoms with van der Waals surface area (Å²) in [6.45, 7) is 0.330. The molecule has 0 fully saturated rings. The number of rotatable bonds is 2. The molecule has 1 aliphatic heterocycles. The lowest BCUT2D eigenvalue weighted by Gasteiger charge is -2.07. The molecule has 5 heteroatoms. The summed E-state index contributed by atoms with van der Waals surface area (Å²) in [5, 5.41) is 8.64. The first kappa shape index (κ1) is 14.4. The van der Waals surface area contributed by atoms with E-state index >= 15 is 0 Å². The summed E-state index contributed by atoms with van der Waals surface area (Å²) in [5.74, 6) is -0.352. The predicted molar refractivity (Wildman–Crippen MR) is 90.9 cm³/mol. The Kier molecular flexibility index (Phi) is 3.46. The Hall–Kier alpha value is -3.21. The van der Waals surface area contributed by atoms with E-state index in [2.05, 4.69) is 10.3 Å². The smallest absolute Gasteiger partial charge is 0.335 e. The number of fused-ring (bicyclic) bond motifs is 3. The molecule has 0 saturated heterocycles. The Bertz CT molecular complexity index is 942. The molecule has 0 N–H and O–H groups in total. The molecule has 0 radical (unpaired) electrons. The van der Waals surface area contributed by atoms with Gasteiger partial charge in [0, 0.05) is 11.1 Å². The quantitative estimate of drug-likeness (QED) is 0.681. The number of hydrogen-bond donors (Lipinski definition) is 0.